The number of hydrogen-bond acceptors (Lipinski definition) is 3. The molecule has 0 spiro atoms. The molecule has 0 bridgehead atoms. The molecule has 68 valence electrons. The van der Waals surface area contributed by atoms with E-state index in [1.54, 1.807) is 24.5 Å². The van der Waals surface area contributed by atoms with Crippen molar-refractivity contribution in [1.29, 1.82) is 0 Å². The Bertz CT molecular complexity index is 244. The quantitative estimate of drug-likeness (QED) is 0.785. The Labute approximate surface area is 77.3 Å². The highest BCUT2D eigenvalue weighted by atomic mass is 32.1. The maximum absolute atomic E-state index is 9.26. The molecule has 0 saturated carbocycles. The number of aliphatic hydroxyl groups excluding tert-OH is 1. The number of aromatic nitrogens is 1. The van der Waals surface area contributed by atoms with Gasteiger partial charge in [0, 0.05) is 12.1 Å². The van der Waals surface area contributed by atoms with E-state index in [2.05, 4.69) is 18.8 Å². The fourth-order valence-corrected chi connectivity index (χ4v) is 1.89. The zero-order valence-electron chi connectivity index (χ0n) is 7.74. The van der Waals surface area contributed by atoms with E-state index in [-0.39, 0.29) is 6.10 Å². The lowest BCUT2D eigenvalue weighted by Crippen LogP contribution is -1.87. The van der Waals surface area contributed by atoms with Crippen LogP contribution in [0.3, 0.4) is 0 Å². The van der Waals surface area contributed by atoms with Gasteiger partial charge in [0.25, 0.3) is 0 Å². The summed E-state index contributed by atoms with van der Waals surface area (Å²) in [6, 6.07) is 0. The first kappa shape index (κ1) is 9.68. The summed E-state index contributed by atoms with van der Waals surface area (Å²) in [6.07, 6.45) is 2.50. The average Bonchev–Trinajstić information content (AvgIpc) is 2.51. The molecule has 0 aliphatic carbocycles. The van der Waals surface area contributed by atoms with Crippen LogP contribution in [0.25, 0.3) is 0 Å². The molecule has 1 aromatic rings. The first-order valence-corrected chi connectivity index (χ1v) is 5.10. The van der Waals surface area contributed by atoms with Crippen molar-refractivity contribution in [3.05, 3.63) is 16.1 Å². The van der Waals surface area contributed by atoms with Crippen LogP contribution in [0.4, 0.5) is 0 Å². The molecule has 0 aromatic carbocycles. The third kappa shape index (κ3) is 2.05. The van der Waals surface area contributed by atoms with Gasteiger partial charge in [-0.1, -0.05) is 13.8 Å². The van der Waals surface area contributed by atoms with Crippen molar-refractivity contribution in [2.75, 3.05) is 0 Å². The fourth-order valence-electron chi connectivity index (χ4n) is 0.896. The van der Waals surface area contributed by atoms with Crippen LogP contribution in [-0.2, 0) is 0 Å². The van der Waals surface area contributed by atoms with Crippen molar-refractivity contribution in [3.8, 4) is 0 Å². The SMILES string of the molecule is CCC(C)c1ncc(C(C)O)s1. The van der Waals surface area contributed by atoms with E-state index < -0.39 is 0 Å². The molecule has 0 radical (unpaired) electrons. The molecule has 2 nitrogen and oxygen atoms in total. The number of rotatable bonds is 3. The van der Waals surface area contributed by atoms with Crippen LogP contribution in [-0.4, -0.2) is 10.1 Å². The van der Waals surface area contributed by atoms with Crippen molar-refractivity contribution in [2.45, 2.75) is 39.2 Å². The van der Waals surface area contributed by atoms with E-state index in [4.69, 9.17) is 0 Å². The van der Waals surface area contributed by atoms with Crippen LogP contribution in [0.15, 0.2) is 6.20 Å². The summed E-state index contributed by atoms with van der Waals surface area (Å²) in [7, 11) is 0. The molecule has 0 aliphatic heterocycles. The number of nitrogens with zero attached hydrogens (tertiary/aromatic N) is 1. The predicted molar refractivity (Wildman–Crippen MR) is 51.5 cm³/mol. The van der Waals surface area contributed by atoms with Crippen molar-refractivity contribution < 1.29 is 5.11 Å². The number of aliphatic hydroxyl groups is 1. The summed E-state index contributed by atoms with van der Waals surface area (Å²) in [5.74, 6) is 0.516. The number of thiazole rings is 1. The second kappa shape index (κ2) is 4.01. The standard InChI is InChI=1S/C9H15NOS/c1-4-6(2)9-10-5-8(12-9)7(3)11/h5-7,11H,4H2,1-3H3. The van der Waals surface area contributed by atoms with Gasteiger partial charge in [0.05, 0.1) is 16.0 Å². The van der Waals surface area contributed by atoms with Crippen molar-refractivity contribution in [1.82, 2.24) is 4.98 Å². The smallest absolute Gasteiger partial charge is 0.0956 e. The summed E-state index contributed by atoms with van der Waals surface area (Å²) in [5.41, 5.74) is 0. The Balaban J connectivity index is 2.77. The van der Waals surface area contributed by atoms with E-state index in [0.29, 0.717) is 5.92 Å². The summed E-state index contributed by atoms with van der Waals surface area (Å²) >= 11 is 1.61. The molecule has 12 heavy (non-hydrogen) atoms. The first-order valence-electron chi connectivity index (χ1n) is 4.28. The molecule has 0 amide bonds. The second-order valence-electron chi connectivity index (χ2n) is 3.09. The monoisotopic (exact) mass is 185 g/mol. The molecule has 0 fully saturated rings. The van der Waals surface area contributed by atoms with Crippen molar-refractivity contribution >= 4 is 11.3 Å². The molecule has 2 atom stereocenters. The van der Waals surface area contributed by atoms with Crippen LogP contribution in [0.1, 0.15) is 49.1 Å². The van der Waals surface area contributed by atoms with E-state index in [1.165, 1.54) is 0 Å². The van der Waals surface area contributed by atoms with Crippen molar-refractivity contribution in [3.63, 3.8) is 0 Å². The number of hydrogen-bond donors (Lipinski definition) is 1. The van der Waals surface area contributed by atoms with E-state index in [0.717, 1.165) is 16.3 Å². The Morgan fingerprint density at radius 2 is 2.25 bits per heavy atom. The highest BCUT2D eigenvalue weighted by Gasteiger charge is 2.10. The van der Waals surface area contributed by atoms with Gasteiger partial charge in [0.1, 0.15) is 0 Å². The van der Waals surface area contributed by atoms with Gasteiger partial charge < -0.3 is 5.11 Å². The Morgan fingerprint density at radius 1 is 1.58 bits per heavy atom. The lowest BCUT2D eigenvalue weighted by molar-refractivity contribution is 0.203. The minimum absolute atomic E-state index is 0.375. The van der Waals surface area contributed by atoms with Gasteiger partial charge in [-0.3, -0.25) is 0 Å². The first-order chi connectivity index (χ1) is 5.65. The summed E-state index contributed by atoms with van der Waals surface area (Å²) in [6.45, 7) is 6.08. The minimum atomic E-state index is -0.375. The van der Waals surface area contributed by atoms with Gasteiger partial charge in [0.15, 0.2) is 0 Å². The van der Waals surface area contributed by atoms with Crippen LogP contribution in [0, 0.1) is 0 Å². The zero-order valence-corrected chi connectivity index (χ0v) is 8.56. The Kier molecular flexibility index (Phi) is 3.23. The lowest BCUT2D eigenvalue weighted by atomic mass is 10.1. The van der Waals surface area contributed by atoms with Crippen LogP contribution in [0.5, 0.6) is 0 Å². The van der Waals surface area contributed by atoms with E-state index in [9.17, 15) is 5.11 Å². The third-order valence-electron chi connectivity index (χ3n) is 1.99. The summed E-state index contributed by atoms with van der Waals surface area (Å²) in [5, 5.41) is 10.4. The molecule has 1 aromatic heterocycles. The topological polar surface area (TPSA) is 33.1 Å². The third-order valence-corrected chi connectivity index (χ3v) is 3.39. The molecule has 2 unspecified atom stereocenters. The van der Waals surface area contributed by atoms with Gasteiger partial charge in [0.2, 0.25) is 0 Å². The van der Waals surface area contributed by atoms with E-state index >= 15 is 0 Å². The maximum atomic E-state index is 9.26. The summed E-state index contributed by atoms with van der Waals surface area (Å²) in [4.78, 5) is 5.23. The van der Waals surface area contributed by atoms with Gasteiger partial charge in [-0.05, 0) is 13.3 Å². The maximum Gasteiger partial charge on any atom is 0.0956 e. The second-order valence-corrected chi connectivity index (χ2v) is 4.18. The largest absolute Gasteiger partial charge is 0.388 e. The highest BCUT2D eigenvalue weighted by molar-refractivity contribution is 7.11. The predicted octanol–water partition coefficient (Wildman–Crippen LogP) is 2.71. The van der Waals surface area contributed by atoms with Gasteiger partial charge in [-0.2, -0.15) is 0 Å². The molecule has 3 heteroatoms. The molecular weight excluding hydrogens is 170 g/mol. The molecule has 0 saturated heterocycles. The molecule has 1 heterocycles. The summed E-state index contributed by atoms with van der Waals surface area (Å²) < 4.78 is 0. The zero-order chi connectivity index (χ0) is 9.14. The molecular formula is C9H15NOS. The Morgan fingerprint density at radius 3 is 2.67 bits per heavy atom. The van der Waals surface area contributed by atoms with Gasteiger partial charge in [-0.15, -0.1) is 11.3 Å². The van der Waals surface area contributed by atoms with E-state index in [1.807, 2.05) is 0 Å². The minimum Gasteiger partial charge on any atom is -0.388 e. The average molecular weight is 185 g/mol. The van der Waals surface area contributed by atoms with Crippen LogP contribution in [0.2, 0.25) is 0 Å². The molecule has 1 N–H and O–H groups in total. The Hall–Kier alpha value is -0.410. The van der Waals surface area contributed by atoms with Crippen LogP contribution >= 0.6 is 11.3 Å². The normalized spacial score (nSPS) is 16.0. The van der Waals surface area contributed by atoms with Crippen LogP contribution < -0.4 is 0 Å². The highest BCUT2D eigenvalue weighted by Crippen LogP contribution is 2.27. The van der Waals surface area contributed by atoms with Crippen molar-refractivity contribution in [2.24, 2.45) is 0 Å². The molecule has 1 rings (SSSR count). The fraction of sp³-hybridized carbons (Fsp3) is 0.667. The lowest BCUT2D eigenvalue weighted by Gasteiger charge is -2.02. The molecule has 0 aliphatic rings. The van der Waals surface area contributed by atoms with Gasteiger partial charge in [-0.25, -0.2) is 4.98 Å². The van der Waals surface area contributed by atoms with Gasteiger partial charge >= 0.3 is 0 Å².